The van der Waals surface area contributed by atoms with Crippen LogP contribution in [0.3, 0.4) is 0 Å². The average molecular weight is 239 g/mol. The molecule has 0 unspecified atom stereocenters. The quantitative estimate of drug-likeness (QED) is 0.593. The molecule has 0 aliphatic carbocycles. The summed E-state index contributed by atoms with van der Waals surface area (Å²) < 4.78 is 0. The van der Waals surface area contributed by atoms with Gasteiger partial charge in [-0.15, -0.1) is 0 Å². The van der Waals surface area contributed by atoms with E-state index >= 15 is 0 Å². The van der Waals surface area contributed by atoms with E-state index in [1.807, 2.05) is 0 Å². The molecule has 0 atom stereocenters. The molecule has 6 nitrogen and oxygen atoms in total. The fraction of sp³-hybridized carbons (Fsp3) is 0.364. The van der Waals surface area contributed by atoms with Crippen LogP contribution in [0.2, 0.25) is 0 Å². The third kappa shape index (κ3) is 4.96. The summed E-state index contributed by atoms with van der Waals surface area (Å²) in [5.74, 6) is -1.30. The lowest BCUT2D eigenvalue weighted by molar-refractivity contribution is -0.123. The summed E-state index contributed by atoms with van der Waals surface area (Å²) in [6.45, 7) is 4.53. The van der Waals surface area contributed by atoms with E-state index in [0.29, 0.717) is 0 Å². The number of rotatable bonds is 4. The molecule has 0 aliphatic rings. The van der Waals surface area contributed by atoms with E-state index in [1.165, 1.54) is 26.1 Å². The average Bonchev–Trinajstić information content (AvgIpc) is 2.31. The Morgan fingerprint density at radius 3 is 1.71 bits per heavy atom. The second-order valence-corrected chi connectivity index (χ2v) is 3.12. The lowest BCUT2D eigenvalue weighted by Gasteiger charge is -2.10. The maximum atomic E-state index is 11.7. The molecular weight excluding hydrogens is 222 g/mol. The molecule has 17 heavy (non-hydrogen) atoms. The lowest BCUT2D eigenvalue weighted by atomic mass is 10.3. The van der Waals surface area contributed by atoms with Crippen molar-refractivity contribution in [1.82, 2.24) is 16.0 Å². The van der Waals surface area contributed by atoms with Crippen molar-refractivity contribution < 1.29 is 14.4 Å². The van der Waals surface area contributed by atoms with Gasteiger partial charge in [-0.1, -0.05) is 12.2 Å². The van der Waals surface area contributed by atoms with Crippen LogP contribution < -0.4 is 16.0 Å². The summed E-state index contributed by atoms with van der Waals surface area (Å²) in [5.41, 5.74) is 0.225. The van der Waals surface area contributed by atoms with Crippen molar-refractivity contribution >= 4 is 17.7 Å². The molecule has 0 aromatic carbocycles. The number of hydrogen-bond donors (Lipinski definition) is 3. The molecule has 0 heterocycles. The van der Waals surface area contributed by atoms with Crippen molar-refractivity contribution in [2.45, 2.75) is 20.8 Å². The minimum absolute atomic E-state index is 0.0979. The summed E-state index contributed by atoms with van der Waals surface area (Å²) >= 11 is 0. The van der Waals surface area contributed by atoms with Crippen molar-refractivity contribution in [1.29, 1.82) is 0 Å². The predicted molar refractivity (Wildman–Crippen MR) is 63.5 cm³/mol. The van der Waals surface area contributed by atoms with Gasteiger partial charge in [-0.05, 0) is 13.8 Å². The van der Waals surface area contributed by atoms with Gasteiger partial charge in [-0.2, -0.15) is 0 Å². The Morgan fingerprint density at radius 2 is 1.35 bits per heavy atom. The Hall–Kier alpha value is -2.11. The number of likely N-dealkylation sites (N-methyl/N-ethyl adjacent to an activating group) is 1. The van der Waals surface area contributed by atoms with E-state index in [0.717, 1.165) is 0 Å². The van der Waals surface area contributed by atoms with Gasteiger partial charge in [-0.25, -0.2) is 0 Å². The number of allylic oxidation sites excluding steroid dienone is 2. The van der Waals surface area contributed by atoms with Gasteiger partial charge in [0.2, 0.25) is 5.91 Å². The molecule has 94 valence electrons. The number of carbonyl (C=O) groups excluding carboxylic acids is 3. The summed E-state index contributed by atoms with van der Waals surface area (Å²) in [7, 11) is 1.46. The summed E-state index contributed by atoms with van der Waals surface area (Å²) in [6.07, 6.45) is 2.92. The highest BCUT2D eigenvalue weighted by Gasteiger charge is 2.14. The number of carbonyl (C=O) groups is 3. The normalized spacial score (nSPS) is 11.8. The molecule has 0 spiro atoms. The number of hydrogen-bond acceptors (Lipinski definition) is 3. The third-order valence-electron chi connectivity index (χ3n) is 1.85. The molecule has 0 saturated heterocycles. The largest absolute Gasteiger partial charge is 0.354 e. The predicted octanol–water partition coefficient (Wildman–Crippen LogP) is -0.208. The van der Waals surface area contributed by atoms with Gasteiger partial charge in [0.1, 0.15) is 11.4 Å². The molecule has 0 saturated carbocycles. The Morgan fingerprint density at radius 1 is 0.882 bits per heavy atom. The van der Waals surface area contributed by atoms with E-state index in [9.17, 15) is 14.4 Å². The van der Waals surface area contributed by atoms with Crippen LogP contribution in [0, 0.1) is 0 Å². The highest BCUT2D eigenvalue weighted by molar-refractivity contribution is 6.03. The highest BCUT2D eigenvalue weighted by Crippen LogP contribution is 1.95. The number of amides is 3. The Balaban J connectivity index is 4.73. The van der Waals surface area contributed by atoms with Crippen LogP contribution >= 0.6 is 0 Å². The monoisotopic (exact) mass is 239 g/mol. The molecule has 0 bridgehead atoms. The molecule has 0 aliphatic heterocycles. The van der Waals surface area contributed by atoms with Crippen LogP contribution in [-0.4, -0.2) is 24.8 Å². The van der Waals surface area contributed by atoms with Crippen LogP contribution in [0.25, 0.3) is 0 Å². The van der Waals surface area contributed by atoms with Crippen LogP contribution in [0.4, 0.5) is 0 Å². The van der Waals surface area contributed by atoms with E-state index in [-0.39, 0.29) is 17.3 Å². The summed E-state index contributed by atoms with van der Waals surface area (Å²) in [4.78, 5) is 33.8. The second kappa shape index (κ2) is 7.21. The van der Waals surface area contributed by atoms with Crippen LogP contribution in [0.15, 0.2) is 23.5 Å². The standard InChI is InChI=1S/C11H17N3O3/c1-5-8(10(16)12-4)14-11(17)9(6-2)13-7(3)15/h5-6H,1-4H3,(H,12,16)(H,13,15)(H,14,17)/b8-5-,9-6-. The van der Waals surface area contributed by atoms with Gasteiger partial charge in [0.15, 0.2) is 0 Å². The van der Waals surface area contributed by atoms with Crippen LogP contribution in [0.5, 0.6) is 0 Å². The molecular formula is C11H17N3O3. The van der Waals surface area contributed by atoms with Crippen LogP contribution in [-0.2, 0) is 14.4 Å². The SMILES string of the molecule is C/C=C(\NC(C)=O)C(=O)N/C(=C\C)C(=O)NC. The number of nitrogens with one attached hydrogen (secondary N) is 3. The van der Waals surface area contributed by atoms with Gasteiger partial charge in [0.25, 0.3) is 11.8 Å². The molecule has 0 fully saturated rings. The first-order valence-corrected chi connectivity index (χ1v) is 5.09. The van der Waals surface area contributed by atoms with Gasteiger partial charge in [0.05, 0.1) is 0 Å². The fourth-order valence-electron chi connectivity index (χ4n) is 1.03. The van der Waals surface area contributed by atoms with Crippen molar-refractivity contribution in [3.8, 4) is 0 Å². The zero-order chi connectivity index (χ0) is 13.4. The Bertz CT molecular complexity index is 383. The molecule has 3 N–H and O–H groups in total. The Kier molecular flexibility index (Phi) is 6.32. The minimum Gasteiger partial charge on any atom is -0.354 e. The Labute approximate surface area is 100 Å². The van der Waals surface area contributed by atoms with E-state index in [2.05, 4.69) is 16.0 Å². The third-order valence-corrected chi connectivity index (χ3v) is 1.85. The molecule has 6 heteroatoms. The van der Waals surface area contributed by atoms with Crippen molar-refractivity contribution in [2.75, 3.05) is 7.05 Å². The van der Waals surface area contributed by atoms with Crippen molar-refractivity contribution in [3.05, 3.63) is 23.5 Å². The molecule has 0 radical (unpaired) electrons. The van der Waals surface area contributed by atoms with Gasteiger partial charge < -0.3 is 16.0 Å². The fourth-order valence-corrected chi connectivity index (χ4v) is 1.03. The first kappa shape index (κ1) is 14.9. The molecule has 0 aromatic rings. The molecule has 3 amide bonds. The van der Waals surface area contributed by atoms with E-state index in [4.69, 9.17) is 0 Å². The topological polar surface area (TPSA) is 87.3 Å². The maximum Gasteiger partial charge on any atom is 0.271 e. The first-order chi connectivity index (χ1) is 7.96. The van der Waals surface area contributed by atoms with Crippen LogP contribution in [0.1, 0.15) is 20.8 Å². The zero-order valence-electron chi connectivity index (χ0n) is 10.4. The van der Waals surface area contributed by atoms with E-state index in [1.54, 1.807) is 13.8 Å². The maximum absolute atomic E-state index is 11.7. The first-order valence-electron chi connectivity index (χ1n) is 5.09. The molecule has 0 aromatic heterocycles. The summed E-state index contributed by atoms with van der Waals surface area (Å²) in [6, 6.07) is 0. The molecule has 0 rings (SSSR count). The van der Waals surface area contributed by atoms with Gasteiger partial charge in [-0.3, -0.25) is 14.4 Å². The van der Waals surface area contributed by atoms with Crippen molar-refractivity contribution in [2.24, 2.45) is 0 Å². The minimum atomic E-state index is -0.542. The summed E-state index contributed by atoms with van der Waals surface area (Å²) in [5, 5.41) is 7.16. The highest BCUT2D eigenvalue weighted by atomic mass is 16.2. The lowest BCUT2D eigenvalue weighted by Crippen LogP contribution is -2.37. The zero-order valence-corrected chi connectivity index (χ0v) is 10.4. The van der Waals surface area contributed by atoms with Gasteiger partial charge in [0, 0.05) is 14.0 Å². The van der Waals surface area contributed by atoms with E-state index < -0.39 is 11.8 Å². The smallest absolute Gasteiger partial charge is 0.271 e. The second-order valence-electron chi connectivity index (χ2n) is 3.12. The van der Waals surface area contributed by atoms with Crippen molar-refractivity contribution in [3.63, 3.8) is 0 Å². The van der Waals surface area contributed by atoms with Gasteiger partial charge >= 0.3 is 0 Å².